The fourth-order valence-electron chi connectivity index (χ4n) is 2.55. The van der Waals surface area contributed by atoms with Crippen LogP contribution in [0.3, 0.4) is 0 Å². The highest BCUT2D eigenvalue weighted by Crippen LogP contribution is 2.09. The smallest absolute Gasteiger partial charge is 0.374 e. The highest BCUT2D eigenvalue weighted by Gasteiger charge is 2.15. The minimum Gasteiger partial charge on any atom is -0.460 e. The van der Waals surface area contributed by atoms with Crippen LogP contribution in [0.15, 0.2) is 41.3 Å². The molecular weight excluding hydrogens is 308 g/mol. The number of aromatic nitrogens is 4. The van der Waals surface area contributed by atoms with Gasteiger partial charge in [0, 0.05) is 6.54 Å². The molecule has 0 radical (unpaired) electrons. The van der Waals surface area contributed by atoms with Crippen LogP contribution in [0.4, 0.5) is 0 Å². The van der Waals surface area contributed by atoms with Crippen molar-refractivity contribution in [3.8, 4) is 0 Å². The summed E-state index contributed by atoms with van der Waals surface area (Å²) in [5.41, 5.74) is 1.61. The van der Waals surface area contributed by atoms with E-state index < -0.39 is 5.97 Å². The van der Waals surface area contributed by atoms with Crippen LogP contribution in [0.2, 0.25) is 0 Å². The van der Waals surface area contributed by atoms with Gasteiger partial charge in [-0.15, -0.1) is 0 Å². The largest absolute Gasteiger partial charge is 0.460 e. The van der Waals surface area contributed by atoms with Gasteiger partial charge in [0.05, 0.1) is 12.8 Å². The number of aromatic amines is 1. The molecule has 1 aromatic carbocycles. The number of nitrogens with one attached hydrogen (secondary N) is 1. The average Bonchev–Trinajstić information content (AvgIpc) is 3.00. The second-order valence-corrected chi connectivity index (χ2v) is 5.33. The Morgan fingerprint density at radius 2 is 2.08 bits per heavy atom. The van der Waals surface area contributed by atoms with E-state index in [1.165, 1.54) is 11.8 Å². The topological polar surface area (TPSA) is 89.9 Å². The van der Waals surface area contributed by atoms with Crippen molar-refractivity contribution in [1.29, 1.82) is 0 Å². The van der Waals surface area contributed by atoms with Crippen LogP contribution in [-0.2, 0) is 17.7 Å². The first-order valence-electron chi connectivity index (χ1n) is 7.86. The van der Waals surface area contributed by atoms with E-state index in [2.05, 4.69) is 27.2 Å². The van der Waals surface area contributed by atoms with E-state index in [9.17, 15) is 9.59 Å². The maximum absolute atomic E-state index is 12.3. The first-order chi connectivity index (χ1) is 11.7. The summed E-state index contributed by atoms with van der Waals surface area (Å²) in [7, 11) is 0. The molecule has 3 aromatic rings. The van der Waals surface area contributed by atoms with Gasteiger partial charge in [-0.1, -0.05) is 30.3 Å². The van der Waals surface area contributed by atoms with Gasteiger partial charge in [-0.05, 0) is 25.3 Å². The third-order valence-corrected chi connectivity index (χ3v) is 3.65. The monoisotopic (exact) mass is 326 g/mol. The van der Waals surface area contributed by atoms with Crippen molar-refractivity contribution in [2.75, 3.05) is 6.61 Å². The molecule has 3 rings (SSSR count). The average molecular weight is 326 g/mol. The molecule has 0 bridgehead atoms. The van der Waals surface area contributed by atoms with E-state index in [1.54, 1.807) is 11.6 Å². The van der Waals surface area contributed by atoms with Crippen LogP contribution in [0.25, 0.3) is 11.0 Å². The minimum atomic E-state index is -0.645. The molecule has 0 amide bonds. The normalized spacial score (nSPS) is 10.9. The number of H-pyrrole nitrogens is 1. The number of ether oxygens (including phenoxy) is 1. The molecule has 0 spiro atoms. The van der Waals surface area contributed by atoms with Gasteiger partial charge >= 0.3 is 5.97 Å². The van der Waals surface area contributed by atoms with Crippen LogP contribution in [0, 0.1) is 0 Å². The fourth-order valence-corrected chi connectivity index (χ4v) is 2.55. The van der Waals surface area contributed by atoms with E-state index in [0.29, 0.717) is 17.6 Å². The lowest BCUT2D eigenvalue weighted by Gasteiger charge is -2.04. The molecule has 0 saturated heterocycles. The fraction of sp³-hybridized carbons (Fsp3) is 0.294. The summed E-state index contributed by atoms with van der Waals surface area (Å²) in [5, 5.41) is 4.22. The molecule has 7 heteroatoms. The number of benzene rings is 1. The molecule has 0 atom stereocenters. The lowest BCUT2D eigenvalue weighted by molar-refractivity contribution is 0.0512. The van der Waals surface area contributed by atoms with Gasteiger partial charge in [0.2, 0.25) is 5.82 Å². The van der Waals surface area contributed by atoms with Crippen molar-refractivity contribution in [2.45, 2.75) is 26.3 Å². The Labute approximate surface area is 138 Å². The van der Waals surface area contributed by atoms with Gasteiger partial charge in [-0.2, -0.15) is 5.10 Å². The molecule has 7 nitrogen and oxygen atoms in total. The third kappa shape index (κ3) is 3.34. The van der Waals surface area contributed by atoms with E-state index in [4.69, 9.17) is 4.74 Å². The molecule has 0 fully saturated rings. The summed E-state index contributed by atoms with van der Waals surface area (Å²) in [6, 6.07) is 10.1. The number of nitrogens with zero attached hydrogens (tertiary/aromatic N) is 3. The van der Waals surface area contributed by atoms with Gasteiger partial charge in [0.25, 0.3) is 5.56 Å². The Morgan fingerprint density at radius 3 is 2.83 bits per heavy atom. The number of esters is 1. The van der Waals surface area contributed by atoms with E-state index >= 15 is 0 Å². The Morgan fingerprint density at radius 1 is 1.29 bits per heavy atom. The summed E-state index contributed by atoms with van der Waals surface area (Å²) in [6.07, 6.45) is 3.24. The third-order valence-electron chi connectivity index (χ3n) is 3.65. The van der Waals surface area contributed by atoms with Crippen molar-refractivity contribution < 1.29 is 9.53 Å². The zero-order chi connectivity index (χ0) is 16.9. The molecule has 0 saturated carbocycles. The van der Waals surface area contributed by atoms with Crippen LogP contribution < -0.4 is 5.56 Å². The molecular formula is C17H18N4O3. The quantitative estimate of drug-likeness (QED) is 0.699. The molecule has 0 aliphatic rings. The van der Waals surface area contributed by atoms with Crippen molar-refractivity contribution in [1.82, 2.24) is 19.7 Å². The Kier molecular flexibility index (Phi) is 4.69. The van der Waals surface area contributed by atoms with Crippen LogP contribution in [0.5, 0.6) is 0 Å². The number of aryl methyl sites for hydroxylation is 2. The van der Waals surface area contributed by atoms with Crippen molar-refractivity contribution >= 4 is 17.0 Å². The highest BCUT2D eigenvalue weighted by molar-refractivity contribution is 5.87. The second-order valence-electron chi connectivity index (χ2n) is 5.33. The molecule has 24 heavy (non-hydrogen) atoms. The van der Waals surface area contributed by atoms with E-state index in [0.717, 1.165) is 12.8 Å². The summed E-state index contributed by atoms with van der Waals surface area (Å²) in [6.45, 7) is 2.51. The number of hydrogen-bond acceptors (Lipinski definition) is 5. The van der Waals surface area contributed by atoms with Crippen LogP contribution >= 0.6 is 0 Å². The van der Waals surface area contributed by atoms with Gasteiger partial charge in [-0.3, -0.25) is 14.5 Å². The maximum atomic E-state index is 12.3. The summed E-state index contributed by atoms with van der Waals surface area (Å²) in [5.74, 6) is -0.744. The highest BCUT2D eigenvalue weighted by atomic mass is 16.5. The summed E-state index contributed by atoms with van der Waals surface area (Å²) >= 11 is 0. The Bertz CT molecular complexity index is 899. The molecule has 2 heterocycles. The van der Waals surface area contributed by atoms with Crippen molar-refractivity contribution in [3.05, 3.63) is 58.3 Å². The number of carbonyl (C=O) groups is 1. The van der Waals surface area contributed by atoms with Gasteiger partial charge in [-0.25, -0.2) is 9.78 Å². The predicted octanol–water partition coefficient (Wildman–Crippen LogP) is 1.93. The molecule has 124 valence electrons. The lowest BCUT2D eigenvalue weighted by Crippen LogP contribution is -2.19. The van der Waals surface area contributed by atoms with Crippen molar-refractivity contribution in [2.24, 2.45) is 0 Å². The molecule has 0 aliphatic heterocycles. The van der Waals surface area contributed by atoms with Crippen LogP contribution in [-0.4, -0.2) is 32.3 Å². The van der Waals surface area contributed by atoms with Gasteiger partial charge in [0.15, 0.2) is 5.52 Å². The summed E-state index contributed by atoms with van der Waals surface area (Å²) < 4.78 is 6.48. The van der Waals surface area contributed by atoms with Gasteiger partial charge < -0.3 is 4.74 Å². The zero-order valence-corrected chi connectivity index (χ0v) is 13.4. The first kappa shape index (κ1) is 15.9. The summed E-state index contributed by atoms with van der Waals surface area (Å²) in [4.78, 5) is 30.5. The zero-order valence-electron chi connectivity index (χ0n) is 13.4. The number of fused-ring (bicyclic) bond motifs is 1. The molecule has 0 aliphatic carbocycles. The van der Waals surface area contributed by atoms with E-state index in [1.807, 2.05) is 18.2 Å². The van der Waals surface area contributed by atoms with Crippen LogP contribution in [0.1, 0.15) is 29.5 Å². The number of hydrogen-bond donors (Lipinski definition) is 1. The lowest BCUT2D eigenvalue weighted by atomic mass is 10.1. The minimum absolute atomic E-state index is 0.0989. The second kappa shape index (κ2) is 7.08. The molecule has 1 N–H and O–H groups in total. The molecule has 0 unspecified atom stereocenters. The number of carbonyl (C=O) groups excluding carboxylic acids is 1. The Hall–Kier alpha value is -2.96. The first-order valence-corrected chi connectivity index (χ1v) is 7.86. The van der Waals surface area contributed by atoms with E-state index in [-0.39, 0.29) is 18.0 Å². The van der Waals surface area contributed by atoms with Crippen molar-refractivity contribution in [3.63, 3.8) is 0 Å². The van der Waals surface area contributed by atoms with Gasteiger partial charge in [0.1, 0.15) is 5.52 Å². The standard InChI is InChI=1S/C17H18N4O3/c1-2-24-17(23)15-19-13-11-18-21(14(13)16(22)20-15)10-6-9-12-7-4-3-5-8-12/h3-5,7-8,11H,2,6,9-10H2,1H3,(H,19,20,22). The maximum Gasteiger partial charge on any atom is 0.374 e. The Balaban J connectivity index is 1.78. The SMILES string of the molecule is CCOC(=O)c1nc2cnn(CCCc3ccccc3)c2c(=O)[nH]1. The number of rotatable bonds is 6. The molecule has 2 aromatic heterocycles. The predicted molar refractivity (Wildman–Crippen MR) is 88.9 cm³/mol.